The standard InChI is InChI=1S/C15H20N2.ClH/c16-14(11-5-1-2-6-11)9-12-10-17-15-8-4-3-7-13(12)15;/h3-4,7-8,10-11,14,17H,1-2,5-6,9,16H2;1H. The first-order valence-electron chi connectivity index (χ1n) is 6.65. The fourth-order valence-electron chi connectivity index (χ4n) is 3.11. The van der Waals surface area contributed by atoms with Gasteiger partial charge in [-0.1, -0.05) is 31.0 Å². The van der Waals surface area contributed by atoms with Crippen LogP contribution in [-0.2, 0) is 6.42 Å². The summed E-state index contributed by atoms with van der Waals surface area (Å²) in [6.07, 6.45) is 8.51. The number of aromatic nitrogens is 1. The van der Waals surface area contributed by atoms with Crippen molar-refractivity contribution in [1.82, 2.24) is 4.98 Å². The number of benzene rings is 1. The number of para-hydroxylation sites is 1. The average Bonchev–Trinajstić information content (AvgIpc) is 2.98. The first-order valence-corrected chi connectivity index (χ1v) is 6.65. The molecule has 1 unspecified atom stereocenters. The number of hydrogen-bond donors (Lipinski definition) is 2. The molecule has 0 amide bonds. The first kappa shape index (κ1) is 13.4. The van der Waals surface area contributed by atoms with Crippen molar-refractivity contribution in [2.75, 3.05) is 0 Å². The summed E-state index contributed by atoms with van der Waals surface area (Å²) in [6.45, 7) is 0. The van der Waals surface area contributed by atoms with Crippen molar-refractivity contribution in [3.05, 3.63) is 36.0 Å². The van der Waals surface area contributed by atoms with Gasteiger partial charge in [-0.3, -0.25) is 0 Å². The van der Waals surface area contributed by atoms with Crippen molar-refractivity contribution in [3.63, 3.8) is 0 Å². The number of halogens is 1. The minimum Gasteiger partial charge on any atom is -0.361 e. The van der Waals surface area contributed by atoms with Gasteiger partial charge in [0.15, 0.2) is 0 Å². The summed E-state index contributed by atoms with van der Waals surface area (Å²) < 4.78 is 0. The minimum absolute atomic E-state index is 0. The van der Waals surface area contributed by atoms with Crippen molar-refractivity contribution >= 4 is 23.3 Å². The Hall–Kier alpha value is -0.990. The van der Waals surface area contributed by atoms with Gasteiger partial charge in [-0.25, -0.2) is 0 Å². The molecule has 3 rings (SSSR count). The lowest BCUT2D eigenvalue weighted by atomic mass is 9.93. The third kappa shape index (κ3) is 2.55. The van der Waals surface area contributed by atoms with E-state index in [2.05, 4.69) is 35.4 Å². The molecule has 0 spiro atoms. The van der Waals surface area contributed by atoms with E-state index in [1.807, 2.05) is 0 Å². The van der Waals surface area contributed by atoms with Gasteiger partial charge in [0.1, 0.15) is 0 Å². The highest BCUT2D eigenvalue weighted by atomic mass is 35.5. The SMILES string of the molecule is Cl.NC(Cc1c[nH]c2ccccc12)C1CCCC1. The van der Waals surface area contributed by atoms with Crippen LogP contribution in [0.3, 0.4) is 0 Å². The second-order valence-corrected chi connectivity index (χ2v) is 5.27. The molecule has 0 saturated heterocycles. The van der Waals surface area contributed by atoms with Gasteiger partial charge in [0.05, 0.1) is 0 Å². The molecule has 1 aliphatic rings. The molecule has 1 aromatic heterocycles. The molecule has 2 nitrogen and oxygen atoms in total. The molecule has 1 aromatic carbocycles. The summed E-state index contributed by atoms with van der Waals surface area (Å²) in [4.78, 5) is 3.33. The highest BCUT2D eigenvalue weighted by Crippen LogP contribution is 2.29. The molecule has 0 radical (unpaired) electrons. The van der Waals surface area contributed by atoms with Crippen LogP contribution in [-0.4, -0.2) is 11.0 Å². The second-order valence-electron chi connectivity index (χ2n) is 5.27. The van der Waals surface area contributed by atoms with Gasteiger partial charge in [-0.15, -0.1) is 12.4 Å². The summed E-state index contributed by atoms with van der Waals surface area (Å²) in [5.74, 6) is 0.740. The highest BCUT2D eigenvalue weighted by Gasteiger charge is 2.22. The van der Waals surface area contributed by atoms with E-state index in [9.17, 15) is 0 Å². The number of fused-ring (bicyclic) bond motifs is 1. The summed E-state index contributed by atoms with van der Waals surface area (Å²) in [5.41, 5.74) is 8.95. The zero-order valence-corrected chi connectivity index (χ0v) is 11.4. The van der Waals surface area contributed by atoms with E-state index in [0.29, 0.717) is 6.04 Å². The summed E-state index contributed by atoms with van der Waals surface area (Å²) in [6, 6.07) is 8.81. The van der Waals surface area contributed by atoms with Gasteiger partial charge < -0.3 is 10.7 Å². The largest absolute Gasteiger partial charge is 0.361 e. The Labute approximate surface area is 114 Å². The maximum atomic E-state index is 6.35. The second kappa shape index (κ2) is 5.77. The van der Waals surface area contributed by atoms with Crippen LogP contribution in [0.4, 0.5) is 0 Å². The van der Waals surface area contributed by atoms with E-state index in [1.165, 1.54) is 42.1 Å². The van der Waals surface area contributed by atoms with E-state index in [0.717, 1.165) is 12.3 Å². The third-order valence-corrected chi connectivity index (χ3v) is 4.14. The van der Waals surface area contributed by atoms with Crippen LogP contribution in [0.15, 0.2) is 30.5 Å². The molecule has 98 valence electrons. The van der Waals surface area contributed by atoms with Gasteiger partial charge in [0.2, 0.25) is 0 Å². The zero-order valence-electron chi connectivity index (χ0n) is 10.6. The average molecular weight is 265 g/mol. The fourth-order valence-corrected chi connectivity index (χ4v) is 3.11. The van der Waals surface area contributed by atoms with Crippen LogP contribution in [0, 0.1) is 5.92 Å². The van der Waals surface area contributed by atoms with E-state index in [-0.39, 0.29) is 12.4 Å². The number of H-pyrrole nitrogens is 1. The van der Waals surface area contributed by atoms with E-state index >= 15 is 0 Å². The molecule has 0 bridgehead atoms. The zero-order chi connectivity index (χ0) is 11.7. The predicted molar refractivity (Wildman–Crippen MR) is 79.2 cm³/mol. The molecule has 3 heteroatoms. The first-order chi connectivity index (χ1) is 8.34. The summed E-state index contributed by atoms with van der Waals surface area (Å²) in [5, 5.41) is 1.33. The highest BCUT2D eigenvalue weighted by molar-refractivity contribution is 5.85. The number of nitrogens with two attached hydrogens (primary N) is 1. The van der Waals surface area contributed by atoms with E-state index in [1.54, 1.807) is 0 Å². The third-order valence-electron chi connectivity index (χ3n) is 4.14. The topological polar surface area (TPSA) is 41.8 Å². The van der Waals surface area contributed by atoms with Crippen LogP contribution < -0.4 is 5.73 Å². The van der Waals surface area contributed by atoms with Gasteiger partial charge in [0, 0.05) is 23.1 Å². The Morgan fingerprint density at radius 2 is 1.94 bits per heavy atom. The lowest BCUT2D eigenvalue weighted by Crippen LogP contribution is -2.30. The van der Waals surface area contributed by atoms with Crippen LogP contribution in [0.5, 0.6) is 0 Å². The molecule has 3 N–H and O–H groups in total. The molecule has 1 fully saturated rings. The minimum atomic E-state index is 0. The lowest BCUT2D eigenvalue weighted by molar-refractivity contribution is 0.430. The molecule has 18 heavy (non-hydrogen) atoms. The number of aromatic amines is 1. The van der Waals surface area contributed by atoms with Crippen LogP contribution in [0.25, 0.3) is 10.9 Å². The van der Waals surface area contributed by atoms with Crippen molar-refractivity contribution in [3.8, 4) is 0 Å². The Kier molecular flexibility index (Phi) is 4.31. The number of nitrogens with one attached hydrogen (secondary N) is 1. The molecule has 2 aromatic rings. The maximum Gasteiger partial charge on any atom is 0.0456 e. The number of hydrogen-bond acceptors (Lipinski definition) is 1. The normalized spacial score (nSPS) is 17.8. The van der Waals surface area contributed by atoms with Crippen LogP contribution in [0.1, 0.15) is 31.2 Å². The van der Waals surface area contributed by atoms with E-state index < -0.39 is 0 Å². The summed E-state index contributed by atoms with van der Waals surface area (Å²) in [7, 11) is 0. The van der Waals surface area contributed by atoms with Crippen LogP contribution in [0.2, 0.25) is 0 Å². The van der Waals surface area contributed by atoms with Crippen molar-refractivity contribution in [1.29, 1.82) is 0 Å². The Morgan fingerprint density at radius 3 is 2.72 bits per heavy atom. The molecule has 1 heterocycles. The summed E-state index contributed by atoms with van der Waals surface area (Å²) >= 11 is 0. The van der Waals surface area contributed by atoms with Gasteiger partial charge in [-0.05, 0) is 36.8 Å². The molecular weight excluding hydrogens is 244 g/mol. The molecule has 0 aliphatic heterocycles. The maximum absolute atomic E-state index is 6.35. The van der Waals surface area contributed by atoms with Gasteiger partial charge in [-0.2, -0.15) is 0 Å². The molecule has 1 saturated carbocycles. The Balaban J connectivity index is 0.00000120. The molecular formula is C15H21ClN2. The quantitative estimate of drug-likeness (QED) is 0.873. The monoisotopic (exact) mass is 264 g/mol. The van der Waals surface area contributed by atoms with E-state index in [4.69, 9.17) is 5.73 Å². The van der Waals surface area contributed by atoms with Gasteiger partial charge in [0.25, 0.3) is 0 Å². The Bertz CT molecular complexity index is 500. The van der Waals surface area contributed by atoms with Gasteiger partial charge >= 0.3 is 0 Å². The number of rotatable bonds is 3. The van der Waals surface area contributed by atoms with Crippen molar-refractivity contribution in [2.24, 2.45) is 11.7 Å². The van der Waals surface area contributed by atoms with Crippen molar-refractivity contribution in [2.45, 2.75) is 38.1 Å². The van der Waals surface area contributed by atoms with Crippen molar-refractivity contribution < 1.29 is 0 Å². The molecule has 1 atom stereocenters. The lowest BCUT2D eigenvalue weighted by Gasteiger charge is -2.18. The molecule has 1 aliphatic carbocycles. The smallest absolute Gasteiger partial charge is 0.0456 e. The Morgan fingerprint density at radius 1 is 1.22 bits per heavy atom. The fraction of sp³-hybridized carbons (Fsp3) is 0.467. The predicted octanol–water partition coefficient (Wildman–Crippen LogP) is 3.65. The van der Waals surface area contributed by atoms with Crippen LogP contribution >= 0.6 is 12.4 Å².